The van der Waals surface area contributed by atoms with E-state index in [1.807, 2.05) is 0 Å². The molecule has 0 spiro atoms. The van der Waals surface area contributed by atoms with Crippen LogP contribution in [-0.4, -0.2) is 39.3 Å². The van der Waals surface area contributed by atoms with Gasteiger partial charge in [0.15, 0.2) is 0 Å². The Bertz CT molecular complexity index is 1140. The number of carbonyl (C=O) groups is 2. The van der Waals surface area contributed by atoms with Crippen LogP contribution in [0.15, 0.2) is 66.7 Å². The number of nitrogens with one attached hydrogen (secondary N) is 3. The second-order valence-electron chi connectivity index (χ2n) is 7.23. The lowest BCUT2D eigenvalue weighted by Gasteiger charge is -2.14. The van der Waals surface area contributed by atoms with E-state index in [9.17, 15) is 18.4 Å². The molecule has 8 nitrogen and oxygen atoms in total. The molecule has 35 heavy (non-hydrogen) atoms. The lowest BCUT2D eigenvalue weighted by molar-refractivity contribution is -0.116. The van der Waals surface area contributed by atoms with Gasteiger partial charge < -0.3 is 30.2 Å². The van der Waals surface area contributed by atoms with Gasteiger partial charge in [0.05, 0.1) is 14.2 Å². The Morgan fingerprint density at radius 3 is 2.03 bits per heavy atom. The quantitative estimate of drug-likeness (QED) is 0.370. The van der Waals surface area contributed by atoms with Gasteiger partial charge in [-0.25, -0.2) is 4.79 Å². The highest BCUT2D eigenvalue weighted by atomic mass is 19.3. The van der Waals surface area contributed by atoms with Crippen molar-refractivity contribution in [3.05, 3.63) is 66.7 Å². The smallest absolute Gasteiger partial charge is 0.387 e. The molecule has 3 aromatic carbocycles. The molecule has 0 aliphatic heterocycles. The predicted molar refractivity (Wildman–Crippen MR) is 128 cm³/mol. The summed E-state index contributed by atoms with van der Waals surface area (Å²) in [5.74, 6) is 0.882. The van der Waals surface area contributed by atoms with Crippen LogP contribution >= 0.6 is 0 Å². The zero-order valence-corrected chi connectivity index (χ0v) is 19.1. The predicted octanol–water partition coefficient (Wildman–Crippen LogP) is 5.12. The maximum Gasteiger partial charge on any atom is 0.387 e. The summed E-state index contributed by atoms with van der Waals surface area (Å²) in [6, 6.07) is 17.5. The molecule has 0 bridgehead atoms. The van der Waals surface area contributed by atoms with Gasteiger partial charge in [0.2, 0.25) is 5.91 Å². The fourth-order valence-electron chi connectivity index (χ4n) is 3.17. The number of amides is 3. The fraction of sp³-hybridized carbons (Fsp3) is 0.200. The Morgan fingerprint density at radius 1 is 0.829 bits per heavy atom. The third kappa shape index (κ3) is 7.60. The van der Waals surface area contributed by atoms with Crippen molar-refractivity contribution in [1.29, 1.82) is 0 Å². The summed E-state index contributed by atoms with van der Waals surface area (Å²) in [5.41, 5.74) is 1.95. The van der Waals surface area contributed by atoms with Gasteiger partial charge in [0.25, 0.3) is 0 Å². The third-order valence-electron chi connectivity index (χ3n) is 4.87. The van der Waals surface area contributed by atoms with Crippen LogP contribution in [0.4, 0.5) is 25.0 Å². The van der Waals surface area contributed by atoms with E-state index in [2.05, 4.69) is 20.7 Å². The van der Waals surface area contributed by atoms with Crippen LogP contribution in [0.5, 0.6) is 17.2 Å². The molecular formula is C25H25F2N3O5. The molecule has 0 saturated carbocycles. The summed E-state index contributed by atoms with van der Waals surface area (Å²) >= 11 is 0. The molecule has 0 aromatic heterocycles. The van der Waals surface area contributed by atoms with Crippen LogP contribution in [0.2, 0.25) is 0 Å². The second kappa shape index (κ2) is 12.2. The van der Waals surface area contributed by atoms with Crippen molar-refractivity contribution in [2.24, 2.45) is 0 Å². The number of hydrogen-bond acceptors (Lipinski definition) is 5. The number of hydrogen-bond donors (Lipinski definition) is 3. The Hall–Kier alpha value is -4.34. The number of anilines is 2. The van der Waals surface area contributed by atoms with E-state index in [-0.39, 0.29) is 24.6 Å². The van der Waals surface area contributed by atoms with Gasteiger partial charge in [-0.05, 0) is 60.2 Å². The van der Waals surface area contributed by atoms with E-state index in [0.29, 0.717) is 34.0 Å². The van der Waals surface area contributed by atoms with Crippen molar-refractivity contribution >= 4 is 23.3 Å². The fourth-order valence-corrected chi connectivity index (χ4v) is 3.17. The van der Waals surface area contributed by atoms with Crippen LogP contribution < -0.4 is 30.2 Å². The molecule has 0 unspecified atom stereocenters. The van der Waals surface area contributed by atoms with Crippen molar-refractivity contribution in [1.82, 2.24) is 5.32 Å². The molecule has 0 aliphatic rings. The Kier molecular flexibility index (Phi) is 8.82. The molecule has 0 saturated heterocycles. The molecule has 0 heterocycles. The van der Waals surface area contributed by atoms with Crippen LogP contribution in [0, 0.1) is 0 Å². The van der Waals surface area contributed by atoms with Crippen LogP contribution in [-0.2, 0) is 4.79 Å². The average Bonchev–Trinajstić information content (AvgIpc) is 2.85. The number of ether oxygens (including phenoxy) is 3. The summed E-state index contributed by atoms with van der Waals surface area (Å²) in [7, 11) is 3.07. The maximum absolute atomic E-state index is 12.9. The molecule has 3 rings (SSSR count). The van der Waals surface area contributed by atoms with Crippen molar-refractivity contribution in [3.8, 4) is 28.4 Å². The monoisotopic (exact) mass is 485 g/mol. The number of rotatable bonds is 10. The number of carbonyl (C=O) groups excluding carboxylic acids is 2. The maximum atomic E-state index is 12.9. The van der Waals surface area contributed by atoms with Crippen molar-refractivity contribution in [3.63, 3.8) is 0 Å². The molecule has 3 N–H and O–H groups in total. The van der Waals surface area contributed by atoms with Gasteiger partial charge in [-0.2, -0.15) is 8.78 Å². The molecule has 184 valence electrons. The number of urea groups is 1. The van der Waals surface area contributed by atoms with Crippen molar-refractivity contribution in [2.75, 3.05) is 31.4 Å². The molecule has 0 atom stereocenters. The summed E-state index contributed by atoms with van der Waals surface area (Å²) in [5, 5.41) is 7.95. The van der Waals surface area contributed by atoms with E-state index in [1.54, 1.807) is 61.7 Å². The highest BCUT2D eigenvalue weighted by Crippen LogP contribution is 2.34. The first-order chi connectivity index (χ1) is 16.9. The van der Waals surface area contributed by atoms with Gasteiger partial charge in [-0.1, -0.05) is 12.1 Å². The van der Waals surface area contributed by atoms with Crippen molar-refractivity contribution in [2.45, 2.75) is 13.0 Å². The highest BCUT2D eigenvalue weighted by molar-refractivity contribution is 5.93. The van der Waals surface area contributed by atoms with Crippen LogP contribution in [0.1, 0.15) is 6.42 Å². The molecule has 3 aromatic rings. The first-order valence-corrected chi connectivity index (χ1v) is 10.6. The van der Waals surface area contributed by atoms with Crippen molar-refractivity contribution < 1.29 is 32.6 Å². The summed E-state index contributed by atoms with van der Waals surface area (Å²) in [6.07, 6.45) is 0.00316. The SMILES string of the molecule is COc1ccc(NC(=O)NCCC(=O)Nc2ccc(OC(F)F)c(-c3ccc(OC)cc3)c2)cc1. The Morgan fingerprint density at radius 2 is 1.43 bits per heavy atom. The standard InChI is InChI=1S/C25H25F2N3O5/c1-33-19-8-3-16(4-9-19)21-15-18(7-12-22(21)35-24(26)27)29-23(31)13-14-28-25(32)30-17-5-10-20(34-2)11-6-17/h3-12,15,24H,13-14H2,1-2H3,(H,29,31)(H2,28,30,32). The molecular weight excluding hydrogens is 460 g/mol. The summed E-state index contributed by atoms with van der Waals surface area (Å²) < 4.78 is 40.5. The van der Waals surface area contributed by atoms with Crippen LogP contribution in [0.25, 0.3) is 11.1 Å². The minimum atomic E-state index is -3.00. The lowest BCUT2D eigenvalue weighted by atomic mass is 10.0. The number of halogens is 2. The van der Waals surface area contributed by atoms with E-state index >= 15 is 0 Å². The first kappa shape index (κ1) is 25.3. The van der Waals surface area contributed by atoms with Gasteiger partial charge in [-0.3, -0.25) is 4.79 Å². The molecule has 10 heteroatoms. The van der Waals surface area contributed by atoms with E-state index in [0.717, 1.165) is 0 Å². The Labute approximate surface area is 201 Å². The zero-order valence-electron chi connectivity index (χ0n) is 19.1. The highest BCUT2D eigenvalue weighted by Gasteiger charge is 2.14. The first-order valence-electron chi connectivity index (χ1n) is 10.6. The zero-order chi connectivity index (χ0) is 25.2. The topological polar surface area (TPSA) is 97.9 Å². The minimum Gasteiger partial charge on any atom is -0.497 e. The number of benzene rings is 3. The van der Waals surface area contributed by atoms with E-state index < -0.39 is 12.6 Å². The third-order valence-corrected chi connectivity index (χ3v) is 4.87. The lowest BCUT2D eigenvalue weighted by Crippen LogP contribution is -2.31. The molecule has 0 radical (unpaired) electrons. The average molecular weight is 485 g/mol. The molecule has 0 aliphatic carbocycles. The second-order valence-corrected chi connectivity index (χ2v) is 7.23. The van der Waals surface area contributed by atoms with Gasteiger partial charge >= 0.3 is 12.6 Å². The van der Waals surface area contributed by atoms with E-state index in [4.69, 9.17) is 9.47 Å². The number of alkyl halides is 2. The van der Waals surface area contributed by atoms with Gasteiger partial charge in [0.1, 0.15) is 17.2 Å². The van der Waals surface area contributed by atoms with Gasteiger partial charge in [-0.15, -0.1) is 0 Å². The van der Waals surface area contributed by atoms with Crippen LogP contribution in [0.3, 0.4) is 0 Å². The summed E-state index contributed by atoms with van der Waals surface area (Å²) in [4.78, 5) is 24.4. The minimum absolute atomic E-state index is 0.00316. The van der Waals surface area contributed by atoms with E-state index in [1.165, 1.54) is 19.2 Å². The van der Waals surface area contributed by atoms with Gasteiger partial charge in [0, 0.05) is 29.9 Å². The largest absolute Gasteiger partial charge is 0.497 e. The molecule has 3 amide bonds. The number of methoxy groups -OCH3 is 2. The summed E-state index contributed by atoms with van der Waals surface area (Å²) in [6.45, 7) is -2.91. The molecule has 0 fully saturated rings. The Balaban J connectivity index is 1.58. The normalized spacial score (nSPS) is 10.4.